The fraction of sp³-hybridized carbons (Fsp3) is 0. The van der Waals surface area contributed by atoms with Crippen LogP contribution in [0.1, 0.15) is 5.56 Å². The van der Waals surface area contributed by atoms with Crippen molar-refractivity contribution < 1.29 is 15.3 Å². The van der Waals surface area contributed by atoms with Crippen LogP contribution in [0.2, 0.25) is 0 Å². The molecule has 1 aromatic carbocycles. The van der Waals surface area contributed by atoms with Gasteiger partial charge >= 0.3 is 0 Å². The molecule has 0 aromatic heterocycles. The second-order valence-corrected chi connectivity index (χ2v) is 2.29. The number of non-ortho nitro benzene ring substituents is 1. The molecule has 0 bridgehead atoms. The van der Waals surface area contributed by atoms with Crippen molar-refractivity contribution in [3.8, 4) is 0 Å². The number of hydrogen-bond donors (Lipinski definition) is 4. The van der Waals surface area contributed by atoms with E-state index in [1.165, 1.54) is 24.3 Å². The van der Waals surface area contributed by atoms with Gasteiger partial charge in [-0.15, -0.1) is 0 Å². The van der Waals surface area contributed by atoms with E-state index >= 15 is 0 Å². The summed E-state index contributed by atoms with van der Waals surface area (Å²) < 4.78 is 0. The molecule has 0 heterocycles. The zero-order chi connectivity index (χ0) is 11.8. The molecule has 82 valence electrons. The number of nitrogens with two attached hydrogens (primary N) is 2. The third kappa shape index (κ3) is 3.58. The van der Waals surface area contributed by atoms with Gasteiger partial charge in [0.2, 0.25) is 0 Å². The van der Waals surface area contributed by atoms with Crippen LogP contribution in [0, 0.1) is 10.1 Å². The standard InChI is InChI=1S/C7H7N3O3.H3NO/c8-7(9-11)5-1-3-6(4-2-5)10(12)13;1-2/h1-4,11H,(H2,8,9);2H,1H2. The molecule has 0 unspecified atom stereocenters. The summed E-state index contributed by atoms with van der Waals surface area (Å²) in [5.41, 5.74) is 5.66. The monoisotopic (exact) mass is 214 g/mol. The molecule has 1 aromatic rings. The SMILES string of the molecule is NC(=NO)c1ccc([N+](=O)[O-])cc1.NO. The highest BCUT2D eigenvalue weighted by Crippen LogP contribution is 2.11. The van der Waals surface area contributed by atoms with E-state index in [4.69, 9.17) is 16.1 Å². The highest BCUT2D eigenvalue weighted by atomic mass is 16.6. The number of nitro benzene ring substituents is 1. The largest absolute Gasteiger partial charge is 0.409 e. The van der Waals surface area contributed by atoms with Crippen molar-refractivity contribution in [3.05, 3.63) is 39.9 Å². The Balaban J connectivity index is 0.000000921. The zero-order valence-electron chi connectivity index (χ0n) is 7.57. The Bertz CT molecular complexity index is 349. The summed E-state index contributed by atoms with van der Waals surface area (Å²) in [5, 5.41) is 27.8. The fourth-order valence-electron chi connectivity index (χ4n) is 0.812. The summed E-state index contributed by atoms with van der Waals surface area (Å²) in [6.07, 6.45) is 0. The molecular weight excluding hydrogens is 204 g/mol. The Morgan fingerprint density at radius 1 is 1.33 bits per heavy atom. The molecule has 0 saturated carbocycles. The Hall–Kier alpha value is -2.19. The molecule has 0 fully saturated rings. The topological polar surface area (TPSA) is 148 Å². The highest BCUT2D eigenvalue weighted by molar-refractivity contribution is 5.97. The van der Waals surface area contributed by atoms with Gasteiger partial charge in [-0.05, 0) is 12.1 Å². The lowest BCUT2D eigenvalue weighted by atomic mass is 10.2. The molecule has 0 spiro atoms. The van der Waals surface area contributed by atoms with E-state index in [9.17, 15) is 10.1 Å². The van der Waals surface area contributed by atoms with E-state index in [0.717, 1.165) is 0 Å². The van der Waals surface area contributed by atoms with Crippen LogP contribution >= 0.6 is 0 Å². The Kier molecular flexibility index (Phi) is 5.37. The van der Waals surface area contributed by atoms with E-state index in [0.29, 0.717) is 5.56 Å². The first-order valence-electron chi connectivity index (χ1n) is 3.63. The van der Waals surface area contributed by atoms with Crippen molar-refractivity contribution in [2.75, 3.05) is 0 Å². The summed E-state index contributed by atoms with van der Waals surface area (Å²) in [6, 6.07) is 5.39. The summed E-state index contributed by atoms with van der Waals surface area (Å²) in [4.78, 5) is 9.73. The van der Waals surface area contributed by atoms with E-state index in [1.807, 2.05) is 0 Å². The third-order valence-electron chi connectivity index (χ3n) is 1.48. The van der Waals surface area contributed by atoms with Gasteiger partial charge in [0.15, 0.2) is 5.84 Å². The number of oxime groups is 1. The van der Waals surface area contributed by atoms with Crippen LogP contribution in [-0.2, 0) is 0 Å². The minimum absolute atomic E-state index is 0.0329. The van der Waals surface area contributed by atoms with Crippen LogP contribution in [-0.4, -0.2) is 21.2 Å². The number of benzene rings is 1. The Morgan fingerprint density at radius 3 is 2.13 bits per heavy atom. The van der Waals surface area contributed by atoms with Gasteiger partial charge in [0, 0.05) is 17.7 Å². The summed E-state index contributed by atoms with van der Waals surface area (Å²) in [6.45, 7) is 0. The Labute approximate surface area is 84.5 Å². The maximum atomic E-state index is 10.2. The molecule has 8 heteroatoms. The maximum Gasteiger partial charge on any atom is 0.269 e. The molecule has 6 N–H and O–H groups in total. The summed E-state index contributed by atoms with van der Waals surface area (Å²) in [7, 11) is 0. The number of nitrogens with zero attached hydrogens (tertiary/aromatic N) is 2. The molecule has 0 saturated heterocycles. The van der Waals surface area contributed by atoms with Crippen LogP contribution in [0.15, 0.2) is 29.4 Å². The van der Waals surface area contributed by atoms with Gasteiger partial charge in [0.05, 0.1) is 4.92 Å². The molecule has 0 aliphatic carbocycles. The maximum absolute atomic E-state index is 10.2. The van der Waals surface area contributed by atoms with Crippen molar-refractivity contribution >= 4 is 11.5 Å². The van der Waals surface area contributed by atoms with Gasteiger partial charge in [-0.1, -0.05) is 5.16 Å². The quantitative estimate of drug-likeness (QED) is 0.179. The number of rotatable bonds is 2. The van der Waals surface area contributed by atoms with Crippen molar-refractivity contribution in [1.29, 1.82) is 0 Å². The van der Waals surface area contributed by atoms with Gasteiger partial charge < -0.3 is 16.1 Å². The van der Waals surface area contributed by atoms with Crippen molar-refractivity contribution in [1.82, 2.24) is 0 Å². The first-order valence-corrected chi connectivity index (χ1v) is 3.63. The van der Waals surface area contributed by atoms with Crippen molar-refractivity contribution in [2.24, 2.45) is 16.8 Å². The van der Waals surface area contributed by atoms with Crippen molar-refractivity contribution in [3.63, 3.8) is 0 Å². The number of hydrogen-bond acceptors (Lipinski definition) is 6. The lowest BCUT2D eigenvalue weighted by molar-refractivity contribution is -0.384. The number of amidine groups is 1. The van der Waals surface area contributed by atoms with Gasteiger partial charge in [-0.3, -0.25) is 10.1 Å². The van der Waals surface area contributed by atoms with E-state index in [2.05, 4.69) is 11.1 Å². The third-order valence-corrected chi connectivity index (χ3v) is 1.48. The predicted octanol–water partition coefficient (Wildman–Crippen LogP) is 0.0236. The van der Waals surface area contributed by atoms with Crippen LogP contribution in [0.5, 0.6) is 0 Å². The molecule has 0 amide bonds. The second kappa shape index (κ2) is 6.29. The fourth-order valence-corrected chi connectivity index (χ4v) is 0.812. The van der Waals surface area contributed by atoms with Crippen LogP contribution in [0.4, 0.5) is 5.69 Å². The zero-order valence-corrected chi connectivity index (χ0v) is 7.57. The van der Waals surface area contributed by atoms with Gasteiger partial charge in [0.1, 0.15) is 0 Å². The second-order valence-electron chi connectivity index (χ2n) is 2.29. The summed E-state index contributed by atoms with van der Waals surface area (Å²) >= 11 is 0. The minimum atomic E-state index is -0.518. The molecule has 15 heavy (non-hydrogen) atoms. The molecule has 1 rings (SSSR count). The molecule has 0 radical (unpaired) electrons. The average Bonchev–Trinajstić information content (AvgIpc) is 2.31. The van der Waals surface area contributed by atoms with Crippen molar-refractivity contribution in [2.45, 2.75) is 0 Å². The number of nitro groups is 1. The molecular formula is C7H10N4O4. The van der Waals surface area contributed by atoms with E-state index in [1.54, 1.807) is 0 Å². The first kappa shape index (κ1) is 12.8. The lowest BCUT2D eigenvalue weighted by Gasteiger charge is -1.96. The smallest absolute Gasteiger partial charge is 0.269 e. The molecule has 0 aliphatic rings. The predicted molar refractivity (Wildman–Crippen MR) is 51.6 cm³/mol. The van der Waals surface area contributed by atoms with E-state index < -0.39 is 4.92 Å². The Morgan fingerprint density at radius 2 is 1.80 bits per heavy atom. The van der Waals surface area contributed by atoms with Gasteiger partial charge in [-0.25, -0.2) is 5.90 Å². The van der Waals surface area contributed by atoms with Crippen LogP contribution in [0.25, 0.3) is 0 Å². The molecule has 0 atom stereocenters. The minimum Gasteiger partial charge on any atom is -0.409 e. The molecule has 8 nitrogen and oxygen atoms in total. The van der Waals surface area contributed by atoms with Crippen LogP contribution < -0.4 is 11.6 Å². The van der Waals surface area contributed by atoms with Gasteiger partial charge in [-0.2, -0.15) is 0 Å². The first-order chi connectivity index (χ1) is 7.15. The average molecular weight is 214 g/mol. The normalized spacial score (nSPS) is 10.1. The summed E-state index contributed by atoms with van der Waals surface area (Å²) in [5.74, 6) is 3.43. The highest BCUT2D eigenvalue weighted by Gasteiger charge is 2.05. The van der Waals surface area contributed by atoms with E-state index in [-0.39, 0.29) is 11.5 Å². The lowest BCUT2D eigenvalue weighted by Crippen LogP contribution is -2.12. The van der Waals surface area contributed by atoms with Crippen LogP contribution in [0.3, 0.4) is 0 Å². The van der Waals surface area contributed by atoms with Gasteiger partial charge in [0.25, 0.3) is 5.69 Å². The molecule has 0 aliphatic heterocycles.